The maximum Gasteiger partial charge on any atom is 0.256 e. The highest BCUT2D eigenvalue weighted by atomic mass is 79.9. The van der Waals surface area contributed by atoms with Gasteiger partial charge >= 0.3 is 0 Å². The van der Waals surface area contributed by atoms with E-state index in [4.69, 9.17) is 10.00 Å². The first-order chi connectivity index (χ1) is 10.1. The zero-order valence-corrected chi connectivity index (χ0v) is 13.0. The average molecular weight is 345 g/mol. The molecule has 0 atom stereocenters. The van der Waals surface area contributed by atoms with E-state index in [0.717, 1.165) is 10.0 Å². The second-order valence-corrected chi connectivity index (χ2v) is 5.26. The van der Waals surface area contributed by atoms with E-state index in [0.29, 0.717) is 17.0 Å². The van der Waals surface area contributed by atoms with Crippen LogP contribution >= 0.6 is 15.9 Å². The summed E-state index contributed by atoms with van der Waals surface area (Å²) in [5.41, 5.74) is 2.26. The SMILES string of the molecule is Cc1ccc(Br)c(C(=O)Nc2ccc(OCC#N)cc2)c1. The van der Waals surface area contributed by atoms with Gasteiger partial charge in [-0.2, -0.15) is 5.26 Å². The lowest BCUT2D eigenvalue weighted by Gasteiger charge is -2.08. The van der Waals surface area contributed by atoms with E-state index in [1.54, 1.807) is 24.3 Å². The standard InChI is InChI=1S/C16H13BrN2O2/c1-11-2-7-15(17)14(10-11)16(20)19-12-3-5-13(6-4-12)21-9-8-18/h2-7,10H,9H2,1H3,(H,19,20). The van der Waals surface area contributed by atoms with Gasteiger partial charge in [0.15, 0.2) is 6.61 Å². The molecule has 0 saturated heterocycles. The molecule has 2 rings (SSSR count). The van der Waals surface area contributed by atoms with Crippen LogP contribution < -0.4 is 10.1 Å². The largest absolute Gasteiger partial charge is 0.479 e. The third-order valence-electron chi connectivity index (χ3n) is 2.78. The van der Waals surface area contributed by atoms with Crippen molar-refractivity contribution in [3.63, 3.8) is 0 Å². The Hall–Kier alpha value is -2.32. The zero-order valence-electron chi connectivity index (χ0n) is 11.4. The number of nitrogens with one attached hydrogen (secondary N) is 1. The zero-order chi connectivity index (χ0) is 15.2. The van der Waals surface area contributed by atoms with Crippen LogP contribution in [0.5, 0.6) is 5.75 Å². The fraction of sp³-hybridized carbons (Fsp3) is 0.125. The number of amides is 1. The Bertz CT molecular complexity index is 690. The van der Waals surface area contributed by atoms with E-state index in [1.807, 2.05) is 31.2 Å². The van der Waals surface area contributed by atoms with Gasteiger partial charge in [-0.3, -0.25) is 4.79 Å². The Kier molecular flexibility index (Phi) is 4.96. The lowest BCUT2D eigenvalue weighted by molar-refractivity contribution is 0.102. The number of aryl methyl sites for hydroxylation is 1. The van der Waals surface area contributed by atoms with Crippen molar-refractivity contribution < 1.29 is 9.53 Å². The molecule has 1 amide bonds. The van der Waals surface area contributed by atoms with Crippen molar-refractivity contribution in [3.05, 3.63) is 58.1 Å². The summed E-state index contributed by atoms with van der Waals surface area (Å²) in [5, 5.41) is 11.3. The topological polar surface area (TPSA) is 62.1 Å². The van der Waals surface area contributed by atoms with Crippen molar-refractivity contribution in [3.8, 4) is 11.8 Å². The Morgan fingerprint density at radius 2 is 2.00 bits per heavy atom. The fourth-order valence-electron chi connectivity index (χ4n) is 1.76. The molecule has 0 heterocycles. The number of benzene rings is 2. The van der Waals surface area contributed by atoms with Crippen molar-refractivity contribution >= 4 is 27.5 Å². The second-order valence-electron chi connectivity index (χ2n) is 4.41. The van der Waals surface area contributed by atoms with Gasteiger partial charge in [0.05, 0.1) is 5.56 Å². The Labute approximate surface area is 131 Å². The Morgan fingerprint density at radius 1 is 1.29 bits per heavy atom. The fourth-order valence-corrected chi connectivity index (χ4v) is 2.19. The predicted molar refractivity (Wildman–Crippen MR) is 84.4 cm³/mol. The maximum atomic E-state index is 12.2. The van der Waals surface area contributed by atoms with E-state index < -0.39 is 0 Å². The first-order valence-electron chi connectivity index (χ1n) is 6.27. The van der Waals surface area contributed by atoms with Crippen molar-refractivity contribution in [2.45, 2.75) is 6.92 Å². The monoisotopic (exact) mass is 344 g/mol. The first kappa shape index (κ1) is 15.1. The number of halogens is 1. The molecule has 0 aliphatic heterocycles. The molecule has 4 nitrogen and oxygen atoms in total. The summed E-state index contributed by atoms with van der Waals surface area (Å²) in [5.74, 6) is 0.405. The highest BCUT2D eigenvalue weighted by Gasteiger charge is 2.10. The minimum atomic E-state index is -0.184. The molecule has 0 aliphatic carbocycles. The molecule has 0 saturated carbocycles. The van der Waals surface area contributed by atoms with E-state index in [1.165, 1.54) is 0 Å². The molecule has 0 bridgehead atoms. The molecule has 0 aromatic heterocycles. The highest BCUT2D eigenvalue weighted by Crippen LogP contribution is 2.21. The quantitative estimate of drug-likeness (QED) is 0.914. The minimum Gasteiger partial charge on any atom is -0.479 e. The maximum absolute atomic E-state index is 12.2. The van der Waals surface area contributed by atoms with Crippen LogP contribution in [0.25, 0.3) is 0 Å². The van der Waals surface area contributed by atoms with Crippen LogP contribution in [0.15, 0.2) is 46.9 Å². The number of carbonyl (C=O) groups is 1. The van der Waals surface area contributed by atoms with Crippen molar-refractivity contribution in [2.24, 2.45) is 0 Å². The predicted octanol–water partition coefficient (Wildman–Crippen LogP) is 3.91. The number of rotatable bonds is 4. The molecule has 1 N–H and O–H groups in total. The summed E-state index contributed by atoms with van der Waals surface area (Å²) in [4.78, 5) is 12.2. The highest BCUT2D eigenvalue weighted by molar-refractivity contribution is 9.10. The van der Waals surface area contributed by atoms with Gasteiger partial charge in [0, 0.05) is 10.2 Å². The summed E-state index contributed by atoms with van der Waals surface area (Å²) in [7, 11) is 0. The van der Waals surface area contributed by atoms with Crippen molar-refractivity contribution in [1.82, 2.24) is 0 Å². The van der Waals surface area contributed by atoms with E-state index >= 15 is 0 Å². The number of hydrogen-bond donors (Lipinski definition) is 1. The normalized spacial score (nSPS) is 9.76. The van der Waals surface area contributed by atoms with Crippen LogP contribution in [0.3, 0.4) is 0 Å². The second kappa shape index (κ2) is 6.91. The molecular weight excluding hydrogens is 332 g/mol. The molecule has 2 aromatic carbocycles. The number of nitriles is 1. The molecular formula is C16H13BrN2O2. The summed E-state index contributed by atoms with van der Waals surface area (Å²) in [6.45, 7) is 1.94. The Morgan fingerprint density at radius 3 is 2.67 bits per heavy atom. The van der Waals surface area contributed by atoms with Gasteiger partial charge in [0.1, 0.15) is 11.8 Å². The third kappa shape index (κ3) is 4.07. The van der Waals surface area contributed by atoms with Crippen LogP contribution in [0.4, 0.5) is 5.69 Å². The van der Waals surface area contributed by atoms with Crippen molar-refractivity contribution in [1.29, 1.82) is 5.26 Å². The van der Waals surface area contributed by atoms with Crippen LogP contribution in [-0.2, 0) is 0 Å². The van der Waals surface area contributed by atoms with Crippen molar-refractivity contribution in [2.75, 3.05) is 11.9 Å². The number of anilines is 1. The van der Waals surface area contributed by atoms with Gasteiger partial charge in [-0.15, -0.1) is 0 Å². The molecule has 0 unspecified atom stereocenters. The van der Waals surface area contributed by atoms with Gasteiger partial charge in [0.25, 0.3) is 5.91 Å². The van der Waals surface area contributed by atoms with Gasteiger partial charge < -0.3 is 10.1 Å². The van der Waals surface area contributed by atoms with Gasteiger partial charge in [-0.1, -0.05) is 11.6 Å². The van der Waals surface area contributed by atoms with Crippen LogP contribution in [0.2, 0.25) is 0 Å². The number of carbonyl (C=O) groups excluding carboxylic acids is 1. The summed E-state index contributed by atoms with van der Waals surface area (Å²) >= 11 is 3.37. The molecule has 106 valence electrons. The summed E-state index contributed by atoms with van der Waals surface area (Å²) in [6.07, 6.45) is 0. The molecule has 0 fully saturated rings. The number of ether oxygens (including phenoxy) is 1. The van der Waals surface area contributed by atoms with E-state index in [2.05, 4.69) is 21.2 Å². The first-order valence-corrected chi connectivity index (χ1v) is 7.07. The van der Waals surface area contributed by atoms with E-state index in [9.17, 15) is 4.79 Å². The Balaban J connectivity index is 2.09. The van der Waals surface area contributed by atoms with Gasteiger partial charge in [-0.25, -0.2) is 0 Å². The van der Waals surface area contributed by atoms with Crippen LogP contribution in [0.1, 0.15) is 15.9 Å². The molecule has 21 heavy (non-hydrogen) atoms. The average Bonchev–Trinajstić information content (AvgIpc) is 2.49. The molecule has 5 heteroatoms. The number of hydrogen-bond acceptors (Lipinski definition) is 3. The summed E-state index contributed by atoms with van der Waals surface area (Å²) in [6, 6.07) is 14.4. The molecule has 0 spiro atoms. The minimum absolute atomic E-state index is 0.00193. The lowest BCUT2D eigenvalue weighted by atomic mass is 10.1. The number of nitrogens with zero attached hydrogens (tertiary/aromatic N) is 1. The smallest absolute Gasteiger partial charge is 0.256 e. The third-order valence-corrected chi connectivity index (χ3v) is 3.47. The summed E-state index contributed by atoms with van der Waals surface area (Å²) < 4.78 is 5.90. The van der Waals surface area contributed by atoms with Gasteiger partial charge in [0.2, 0.25) is 0 Å². The lowest BCUT2D eigenvalue weighted by Crippen LogP contribution is -2.12. The van der Waals surface area contributed by atoms with Crippen LogP contribution in [0, 0.1) is 18.3 Å². The van der Waals surface area contributed by atoms with Gasteiger partial charge in [-0.05, 0) is 59.3 Å². The molecule has 0 radical (unpaired) electrons. The van der Waals surface area contributed by atoms with Crippen LogP contribution in [-0.4, -0.2) is 12.5 Å². The molecule has 2 aromatic rings. The molecule has 0 aliphatic rings. The van der Waals surface area contributed by atoms with E-state index in [-0.39, 0.29) is 12.5 Å².